The Labute approximate surface area is 156 Å². The lowest BCUT2D eigenvalue weighted by Crippen LogP contribution is -2.26. The van der Waals surface area contributed by atoms with E-state index in [1.165, 1.54) is 6.33 Å². The van der Waals surface area contributed by atoms with Crippen LogP contribution < -0.4 is 4.74 Å². The van der Waals surface area contributed by atoms with Gasteiger partial charge in [0.1, 0.15) is 12.1 Å². The molecule has 0 aliphatic rings. The minimum atomic E-state index is -0.0118. The molecule has 1 aromatic heterocycles. The molecule has 0 atom stereocenters. The van der Waals surface area contributed by atoms with Crippen molar-refractivity contribution in [2.24, 2.45) is 0 Å². The third-order valence-electron chi connectivity index (χ3n) is 3.87. The number of benzene rings is 2. The van der Waals surface area contributed by atoms with Crippen molar-refractivity contribution in [3.8, 4) is 5.75 Å². The predicted molar refractivity (Wildman–Crippen MR) is 101 cm³/mol. The van der Waals surface area contributed by atoms with E-state index in [0.717, 1.165) is 27.8 Å². The molecule has 0 radical (unpaired) electrons. The highest BCUT2D eigenvalue weighted by Gasteiger charge is 2.12. The van der Waals surface area contributed by atoms with Gasteiger partial charge in [0, 0.05) is 24.9 Å². The Hall–Kier alpha value is -2.80. The summed E-state index contributed by atoms with van der Waals surface area (Å²) >= 11 is 1.57. The van der Waals surface area contributed by atoms with Crippen LogP contribution in [0.2, 0.25) is 0 Å². The zero-order chi connectivity index (χ0) is 18.4. The minimum absolute atomic E-state index is 0.0118. The lowest BCUT2D eigenvalue weighted by molar-refractivity contribution is 0.0785. The Kier molecular flexibility index (Phi) is 5.91. The maximum absolute atomic E-state index is 12.6. The van der Waals surface area contributed by atoms with Gasteiger partial charge in [-0.2, -0.15) is 5.10 Å². The van der Waals surface area contributed by atoms with Crippen molar-refractivity contribution in [1.29, 1.82) is 0 Å². The van der Waals surface area contributed by atoms with E-state index >= 15 is 0 Å². The Morgan fingerprint density at radius 3 is 2.69 bits per heavy atom. The highest BCUT2D eigenvalue weighted by molar-refractivity contribution is 7.98. The molecule has 1 amide bonds. The maximum atomic E-state index is 12.6. The van der Waals surface area contributed by atoms with Gasteiger partial charge >= 0.3 is 0 Å². The fraction of sp³-hybridized carbons (Fsp3) is 0.211. The molecule has 3 rings (SSSR count). The van der Waals surface area contributed by atoms with Gasteiger partial charge in [-0.25, -0.2) is 4.98 Å². The molecule has 0 unspecified atom stereocenters. The molecule has 26 heavy (non-hydrogen) atoms. The number of carbonyl (C=O) groups excluding carboxylic acids is 1. The summed E-state index contributed by atoms with van der Waals surface area (Å²) in [5, 5.41) is 7.42. The molecule has 1 heterocycles. The van der Waals surface area contributed by atoms with E-state index in [1.807, 2.05) is 48.5 Å². The number of amides is 1. The maximum Gasteiger partial charge on any atom is 0.253 e. The van der Waals surface area contributed by atoms with Crippen molar-refractivity contribution in [3.63, 3.8) is 0 Å². The molecule has 0 fully saturated rings. The number of hydrogen-bond donors (Lipinski definition) is 1. The van der Waals surface area contributed by atoms with Gasteiger partial charge in [0.2, 0.25) is 0 Å². The second-order valence-corrected chi connectivity index (χ2v) is 6.75. The smallest absolute Gasteiger partial charge is 0.253 e. The van der Waals surface area contributed by atoms with E-state index in [9.17, 15) is 4.79 Å². The number of hydrogen-bond acceptors (Lipinski definition) is 5. The molecule has 2 aromatic carbocycles. The number of H-pyrrole nitrogens is 1. The van der Waals surface area contributed by atoms with Crippen LogP contribution in [0.15, 0.2) is 60.0 Å². The summed E-state index contributed by atoms with van der Waals surface area (Å²) in [5.74, 6) is 1.54. The molecule has 0 aliphatic heterocycles. The number of ether oxygens (including phenoxy) is 1. The summed E-state index contributed by atoms with van der Waals surface area (Å²) in [6, 6.07) is 15.4. The highest BCUT2D eigenvalue weighted by atomic mass is 32.2. The van der Waals surface area contributed by atoms with E-state index in [2.05, 4.69) is 15.2 Å². The molecule has 0 spiro atoms. The lowest BCUT2D eigenvalue weighted by Gasteiger charge is -2.18. The lowest BCUT2D eigenvalue weighted by atomic mass is 10.1. The van der Waals surface area contributed by atoms with E-state index in [4.69, 9.17) is 4.74 Å². The van der Waals surface area contributed by atoms with Crippen LogP contribution >= 0.6 is 11.8 Å². The molecule has 0 bridgehead atoms. The Bertz CT molecular complexity index is 850. The summed E-state index contributed by atoms with van der Waals surface area (Å²) in [7, 11) is 3.44. The number of nitrogens with one attached hydrogen (secondary N) is 1. The van der Waals surface area contributed by atoms with E-state index in [0.29, 0.717) is 12.1 Å². The third-order valence-corrected chi connectivity index (χ3v) is 4.82. The Balaban J connectivity index is 1.59. The second kappa shape index (κ2) is 8.53. The molecule has 134 valence electrons. The Morgan fingerprint density at radius 1 is 1.19 bits per heavy atom. The molecular formula is C19H20N4O2S. The topological polar surface area (TPSA) is 71.1 Å². The van der Waals surface area contributed by atoms with Gasteiger partial charge in [-0.3, -0.25) is 9.89 Å². The number of methoxy groups -OCH3 is 1. The average molecular weight is 368 g/mol. The van der Waals surface area contributed by atoms with Gasteiger partial charge in [0.15, 0.2) is 5.16 Å². The molecule has 0 aliphatic carbocycles. The summed E-state index contributed by atoms with van der Waals surface area (Å²) in [6.07, 6.45) is 1.49. The SMILES string of the molecule is COc1cccc(CN(C)C(=O)c2ccc(CSc3ncn[nH]3)cc2)c1. The molecule has 7 heteroatoms. The van der Waals surface area contributed by atoms with Gasteiger partial charge in [0.05, 0.1) is 7.11 Å². The zero-order valence-corrected chi connectivity index (χ0v) is 15.5. The quantitative estimate of drug-likeness (QED) is 0.648. The van der Waals surface area contributed by atoms with Crippen LogP contribution in [0.25, 0.3) is 0 Å². The van der Waals surface area contributed by atoms with Gasteiger partial charge in [-0.15, -0.1) is 0 Å². The van der Waals surface area contributed by atoms with E-state index in [-0.39, 0.29) is 5.91 Å². The largest absolute Gasteiger partial charge is 0.497 e. The summed E-state index contributed by atoms with van der Waals surface area (Å²) in [5.41, 5.74) is 2.82. The number of carbonyl (C=O) groups is 1. The van der Waals surface area contributed by atoms with Crippen LogP contribution in [0.5, 0.6) is 5.75 Å². The van der Waals surface area contributed by atoms with Crippen molar-refractivity contribution in [3.05, 3.63) is 71.5 Å². The van der Waals surface area contributed by atoms with Gasteiger partial charge in [-0.05, 0) is 35.4 Å². The number of nitrogens with zero attached hydrogens (tertiary/aromatic N) is 3. The predicted octanol–water partition coefficient (Wildman–Crippen LogP) is 3.38. The molecule has 0 saturated carbocycles. The number of aromatic nitrogens is 3. The molecule has 6 nitrogen and oxygen atoms in total. The van der Waals surface area contributed by atoms with Gasteiger partial charge in [-0.1, -0.05) is 36.0 Å². The van der Waals surface area contributed by atoms with Crippen LogP contribution in [0, 0.1) is 0 Å². The van der Waals surface area contributed by atoms with E-state index in [1.54, 1.807) is 30.8 Å². The number of aromatic amines is 1. The first kappa shape index (κ1) is 18.0. The fourth-order valence-electron chi connectivity index (χ4n) is 2.50. The first-order valence-electron chi connectivity index (χ1n) is 8.11. The standard InChI is InChI=1S/C19H20N4O2S/c1-23(11-15-4-3-5-17(10-15)25-2)18(24)16-8-6-14(7-9-16)12-26-19-20-13-21-22-19/h3-10,13H,11-12H2,1-2H3,(H,20,21,22). The first-order valence-corrected chi connectivity index (χ1v) is 9.10. The average Bonchev–Trinajstić information content (AvgIpc) is 3.20. The summed E-state index contributed by atoms with van der Waals surface area (Å²) < 4.78 is 5.23. The second-order valence-electron chi connectivity index (χ2n) is 5.79. The van der Waals surface area contributed by atoms with Crippen LogP contribution in [0.3, 0.4) is 0 Å². The summed E-state index contributed by atoms with van der Waals surface area (Å²) in [4.78, 5) is 18.4. The number of rotatable bonds is 7. The van der Waals surface area contributed by atoms with Crippen molar-refractivity contribution in [2.45, 2.75) is 17.5 Å². The molecule has 0 saturated heterocycles. The first-order chi connectivity index (χ1) is 12.7. The van der Waals surface area contributed by atoms with Crippen LogP contribution in [-0.2, 0) is 12.3 Å². The van der Waals surface area contributed by atoms with Crippen molar-refractivity contribution >= 4 is 17.7 Å². The molecule has 1 N–H and O–H groups in total. The fourth-order valence-corrected chi connectivity index (χ4v) is 3.23. The molecule has 3 aromatic rings. The highest BCUT2D eigenvalue weighted by Crippen LogP contribution is 2.19. The zero-order valence-electron chi connectivity index (χ0n) is 14.7. The van der Waals surface area contributed by atoms with Gasteiger partial charge < -0.3 is 9.64 Å². The number of thioether (sulfide) groups is 1. The van der Waals surface area contributed by atoms with E-state index < -0.39 is 0 Å². The third kappa shape index (κ3) is 4.64. The van der Waals surface area contributed by atoms with Crippen LogP contribution in [0.4, 0.5) is 0 Å². The Morgan fingerprint density at radius 2 is 2.00 bits per heavy atom. The monoisotopic (exact) mass is 368 g/mol. The van der Waals surface area contributed by atoms with Crippen molar-refractivity contribution < 1.29 is 9.53 Å². The van der Waals surface area contributed by atoms with Crippen molar-refractivity contribution in [1.82, 2.24) is 20.1 Å². The normalized spacial score (nSPS) is 10.5. The molecular weight excluding hydrogens is 348 g/mol. The van der Waals surface area contributed by atoms with Crippen LogP contribution in [0.1, 0.15) is 21.5 Å². The summed E-state index contributed by atoms with van der Waals surface area (Å²) in [6.45, 7) is 0.527. The minimum Gasteiger partial charge on any atom is -0.497 e. The van der Waals surface area contributed by atoms with Crippen LogP contribution in [-0.4, -0.2) is 40.1 Å². The van der Waals surface area contributed by atoms with Crippen molar-refractivity contribution in [2.75, 3.05) is 14.2 Å². The van der Waals surface area contributed by atoms with Gasteiger partial charge in [0.25, 0.3) is 5.91 Å².